The van der Waals surface area contributed by atoms with Gasteiger partial charge in [0.05, 0.1) is 17.8 Å². The maximum Gasteiger partial charge on any atom is 0.407 e. The van der Waals surface area contributed by atoms with E-state index in [2.05, 4.69) is 26.6 Å². The maximum absolute atomic E-state index is 15.2. The Morgan fingerprint density at radius 3 is 2.21 bits per heavy atom. The van der Waals surface area contributed by atoms with Crippen LogP contribution in [-0.4, -0.2) is 136 Å². The Morgan fingerprint density at radius 1 is 0.900 bits per heavy atom. The Bertz CT molecular complexity index is 2640. The summed E-state index contributed by atoms with van der Waals surface area (Å²) >= 11 is 0. The van der Waals surface area contributed by atoms with E-state index in [0.29, 0.717) is 56.1 Å². The number of nitrogens with one attached hydrogen (secondary N) is 5. The number of rotatable bonds is 29. The summed E-state index contributed by atoms with van der Waals surface area (Å²) in [7, 11) is 0. The molecule has 1 fully saturated rings. The Labute approximate surface area is 464 Å². The van der Waals surface area contributed by atoms with Crippen LogP contribution in [0.4, 0.5) is 28.4 Å². The summed E-state index contributed by atoms with van der Waals surface area (Å²) < 4.78 is 57.3. The van der Waals surface area contributed by atoms with Crippen molar-refractivity contribution in [3.05, 3.63) is 83.8 Å². The molecule has 0 unspecified atom stereocenters. The molecule has 3 heterocycles. The van der Waals surface area contributed by atoms with Crippen LogP contribution in [0.25, 0.3) is 11.3 Å². The number of alkyl halides is 1. The van der Waals surface area contributed by atoms with Crippen LogP contribution in [0.15, 0.2) is 60.8 Å². The number of alkyl carbamates (subject to hydrolysis) is 1. The number of imidazole rings is 1. The minimum atomic E-state index is -1.49. The van der Waals surface area contributed by atoms with Crippen molar-refractivity contribution in [2.24, 2.45) is 23.0 Å². The van der Waals surface area contributed by atoms with Crippen LogP contribution in [0, 0.1) is 28.9 Å². The first-order chi connectivity index (χ1) is 37.9. The molecule has 80 heavy (non-hydrogen) atoms. The minimum Gasteiger partial charge on any atom is -0.445 e. The number of hydrogen-bond acceptors (Lipinski definition) is 12. The van der Waals surface area contributed by atoms with E-state index in [-0.39, 0.29) is 86.8 Å². The molecule has 9 amide bonds. The number of benzene rings is 2. The lowest BCUT2D eigenvalue weighted by Gasteiger charge is -2.41. The third kappa shape index (κ3) is 19.2. The molecule has 1 saturated heterocycles. The molecular weight excluding hydrogens is 1050 g/mol. The number of aromatic nitrogens is 2. The lowest BCUT2D eigenvalue weighted by Crippen LogP contribution is -2.54. The van der Waals surface area contributed by atoms with Crippen molar-refractivity contribution in [1.82, 2.24) is 40.6 Å². The van der Waals surface area contributed by atoms with Gasteiger partial charge in [-0.1, -0.05) is 53.2 Å². The highest BCUT2D eigenvalue weighted by Crippen LogP contribution is 2.40. The molecule has 0 radical (unpaired) electrons. The summed E-state index contributed by atoms with van der Waals surface area (Å²) in [6.45, 7) is 10.7. The zero-order valence-corrected chi connectivity index (χ0v) is 46.4. The fourth-order valence-corrected chi connectivity index (χ4v) is 9.39. The molecule has 2 aliphatic rings. The zero-order chi connectivity index (χ0) is 58.7. The number of carbonyl (C=O) groups excluding carboxylic acids is 8. The van der Waals surface area contributed by atoms with Gasteiger partial charge in [0.15, 0.2) is 0 Å². The molecular formula is C56H77F3N10O11. The molecule has 0 spiro atoms. The first-order valence-corrected chi connectivity index (χ1v) is 27.1. The van der Waals surface area contributed by atoms with E-state index in [4.69, 9.17) is 20.2 Å². The molecule has 0 saturated carbocycles. The van der Waals surface area contributed by atoms with Gasteiger partial charge in [-0.15, -0.1) is 0 Å². The topological polar surface area (TPSA) is 286 Å². The lowest BCUT2D eigenvalue weighted by atomic mass is 9.84. The SMILES string of the molecule is CC(C)[C@H](NC(=O)CCCCCN1C(=O)C=CC1=O)C(=O)N[C@@H](CCCNC(N)=O)C(=O)Nc1ccc(COC(=O)N[C@H](CF)CCN(C(=O)[C@H](C)O)[C@@H](c2nc(-c3cc(F)ccc3F)cn2CC2CCOCC2)C(C)(C)C)cc1. The summed E-state index contributed by atoms with van der Waals surface area (Å²) in [5.41, 5.74) is 5.28. The van der Waals surface area contributed by atoms with Gasteiger partial charge < -0.3 is 56.4 Å². The van der Waals surface area contributed by atoms with Crippen LogP contribution < -0.4 is 32.3 Å². The summed E-state index contributed by atoms with van der Waals surface area (Å²) in [5.74, 6) is -4.33. The molecule has 2 aliphatic heterocycles. The van der Waals surface area contributed by atoms with E-state index in [1.807, 2.05) is 25.3 Å². The molecule has 5 atom stereocenters. The van der Waals surface area contributed by atoms with Gasteiger partial charge in [0.1, 0.15) is 48.9 Å². The number of hydrogen-bond donors (Lipinski definition) is 7. The normalized spacial score (nSPS) is 15.7. The fraction of sp³-hybridized carbons (Fsp3) is 0.554. The van der Waals surface area contributed by atoms with Gasteiger partial charge in [0.2, 0.25) is 17.7 Å². The van der Waals surface area contributed by atoms with Crippen molar-refractivity contribution in [2.75, 3.05) is 44.8 Å². The number of urea groups is 1. The molecule has 21 nitrogen and oxygen atoms in total. The largest absolute Gasteiger partial charge is 0.445 e. The first-order valence-electron chi connectivity index (χ1n) is 27.1. The van der Waals surface area contributed by atoms with E-state index in [1.165, 1.54) is 36.1 Å². The second kappa shape index (κ2) is 30.3. The Balaban J connectivity index is 1.19. The number of nitrogens with zero attached hydrogens (tertiary/aromatic N) is 4. The zero-order valence-electron chi connectivity index (χ0n) is 46.4. The summed E-state index contributed by atoms with van der Waals surface area (Å²) in [5, 5.41) is 23.9. The predicted molar refractivity (Wildman–Crippen MR) is 289 cm³/mol. The molecule has 438 valence electrons. The van der Waals surface area contributed by atoms with Crippen molar-refractivity contribution in [3.63, 3.8) is 0 Å². The summed E-state index contributed by atoms with van der Waals surface area (Å²) in [6.07, 6.45) is 4.81. The molecule has 5 rings (SSSR count). The van der Waals surface area contributed by atoms with Gasteiger partial charge in [-0.25, -0.2) is 27.7 Å². The summed E-state index contributed by atoms with van der Waals surface area (Å²) in [6, 6.07) is 4.33. The average Bonchev–Trinajstić information content (AvgIpc) is 4.03. The van der Waals surface area contributed by atoms with Gasteiger partial charge in [-0.05, 0) is 105 Å². The Morgan fingerprint density at radius 2 is 1.59 bits per heavy atom. The second-order valence-corrected chi connectivity index (χ2v) is 21.6. The quantitative estimate of drug-likeness (QED) is 0.0326. The second-order valence-electron chi connectivity index (χ2n) is 21.6. The van der Waals surface area contributed by atoms with E-state index in [9.17, 15) is 52.2 Å². The molecule has 24 heteroatoms. The number of ether oxygens (including phenoxy) is 2. The number of unbranched alkanes of at least 4 members (excludes halogenated alkanes) is 2. The number of carbonyl (C=O) groups is 8. The number of halogens is 3. The number of primary amides is 1. The van der Waals surface area contributed by atoms with Gasteiger partial charge in [0.25, 0.3) is 17.7 Å². The minimum absolute atomic E-state index is 0.0740. The number of amides is 9. The van der Waals surface area contributed by atoms with E-state index >= 15 is 4.39 Å². The molecule has 1 aromatic heterocycles. The third-order valence-corrected chi connectivity index (χ3v) is 13.7. The predicted octanol–water partition coefficient (Wildman–Crippen LogP) is 5.70. The Kier molecular flexibility index (Phi) is 24.0. The van der Waals surface area contributed by atoms with E-state index in [0.717, 1.165) is 35.9 Å². The maximum atomic E-state index is 15.2. The van der Waals surface area contributed by atoms with Crippen molar-refractivity contribution in [3.8, 4) is 11.3 Å². The number of imide groups is 1. The first kappa shape index (κ1) is 63.5. The standard InChI is InChI=1S/C56H77F3N10O11/c1-34(2)48(66-45(71)12-8-7-9-25-68-46(72)19-20-47(68)73)52(75)65-43(11-10-24-61-54(60)77)51(74)62-39-16-13-37(14-17-39)33-80-55(78)63-40(30-57)21-26-69(53(76)35(3)70)49(56(4,5)6)50-64-44(41-29-38(58)15-18-42(41)59)32-67(50)31-36-22-27-79-28-23-36/h13-20,29,32,34-36,40,43,48-49,70H,7-12,21-28,30-31,33H2,1-6H3,(H,62,74)(H,63,78)(H,65,75)(H,66,71)(H3,60,61,77)/t35-,40-,43-,48-,49-/m0/s1. The summed E-state index contributed by atoms with van der Waals surface area (Å²) in [4.78, 5) is 110. The van der Waals surface area contributed by atoms with E-state index < -0.39 is 89.7 Å². The van der Waals surface area contributed by atoms with Crippen LogP contribution in [0.2, 0.25) is 0 Å². The van der Waals surface area contributed by atoms with Crippen LogP contribution in [0.5, 0.6) is 0 Å². The van der Waals surface area contributed by atoms with Crippen molar-refractivity contribution < 1.29 is 66.1 Å². The molecule has 8 N–H and O–H groups in total. The molecule has 0 bridgehead atoms. The fourth-order valence-electron chi connectivity index (χ4n) is 9.39. The van der Waals surface area contributed by atoms with Gasteiger partial charge in [0, 0.05) is 75.4 Å². The van der Waals surface area contributed by atoms with Crippen LogP contribution in [0.1, 0.15) is 117 Å². The van der Waals surface area contributed by atoms with Gasteiger partial charge in [-0.3, -0.25) is 33.7 Å². The Hall–Kier alpha value is -7.34. The highest BCUT2D eigenvalue weighted by atomic mass is 19.1. The monoisotopic (exact) mass is 1120 g/mol. The lowest BCUT2D eigenvalue weighted by molar-refractivity contribution is -0.145. The third-order valence-electron chi connectivity index (χ3n) is 13.7. The molecule has 3 aromatic rings. The highest BCUT2D eigenvalue weighted by Gasteiger charge is 2.40. The van der Waals surface area contributed by atoms with Crippen molar-refractivity contribution in [1.29, 1.82) is 0 Å². The van der Waals surface area contributed by atoms with Crippen LogP contribution in [0.3, 0.4) is 0 Å². The number of aliphatic hydroxyl groups excluding tert-OH is 1. The number of aliphatic hydroxyl groups is 1. The number of nitrogens with two attached hydrogens (primary N) is 1. The van der Waals surface area contributed by atoms with Gasteiger partial charge >= 0.3 is 12.1 Å². The van der Waals surface area contributed by atoms with E-state index in [1.54, 1.807) is 32.2 Å². The van der Waals surface area contributed by atoms with Gasteiger partial charge in [-0.2, -0.15) is 0 Å². The van der Waals surface area contributed by atoms with Crippen molar-refractivity contribution >= 4 is 53.3 Å². The highest BCUT2D eigenvalue weighted by molar-refractivity contribution is 6.12. The van der Waals surface area contributed by atoms with Crippen LogP contribution in [-0.2, 0) is 51.4 Å². The smallest absolute Gasteiger partial charge is 0.407 e. The van der Waals surface area contributed by atoms with Crippen LogP contribution >= 0.6 is 0 Å². The average molecular weight is 1120 g/mol. The molecule has 0 aliphatic carbocycles. The van der Waals surface area contributed by atoms with Crippen molar-refractivity contribution in [2.45, 2.75) is 143 Å². The molecule has 2 aromatic carbocycles. The number of anilines is 1.